The van der Waals surface area contributed by atoms with Gasteiger partial charge in [0.2, 0.25) is 5.91 Å². The molecule has 8 nitrogen and oxygen atoms in total. The largest absolute Gasteiger partial charge is 0.355 e. The van der Waals surface area contributed by atoms with E-state index in [0.29, 0.717) is 19.1 Å². The molecule has 0 saturated carbocycles. The van der Waals surface area contributed by atoms with E-state index in [1.54, 1.807) is 0 Å². The molecule has 1 aliphatic heterocycles. The number of nitrogens with zero attached hydrogens (tertiary/aromatic N) is 5. The topological polar surface area (TPSA) is 88.0 Å². The van der Waals surface area contributed by atoms with Gasteiger partial charge in [0.05, 0.1) is 28.4 Å². The molecule has 1 aromatic carbocycles. The maximum Gasteiger partial charge on any atom is 0.224 e. The summed E-state index contributed by atoms with van der Waals surface area (Å²) >= 11 is 0. The van der Waals surface area contributed by atoms with Crippen molar-refractivity contribution in [3.05, 3.63) is 41.2 Å². The Morgan fingerprint density at radius 3 is 2.61 bits per heavy atom. The average molecular weight is 450 g/mol. The van der Waals surface area contributed by atoms with Crippen molar-refractivity contribution in [2.45, 2.75) is 53.5 Å². The Kier molecular flexibility index (Phi) is 6.93. The third kappa shape index (κ3) is 5.00. The van der Waals surface area contributed by atoms with Crippen LogP contribution in [-0.4, -0.2) is 58.1 Å². The summed E-state index contributed by atoms with van der Waals surface area (Å²) in [6.45, 7) is 13.2. The molecule has 2 N–H and O–H groups in total. The molecule has 1 aliphatic rings. The fraction of sp³-hybridized carbons (Fsp3) is 0.520. The fourth-order valence-electron chi connectivity index (χ4n) is 4.54. The van der Waals surface area contributed by atoms with Gasteiger partial charge in [0.25, 0.3) is 0 Å². The first-order chi connectivity index (χ1) is 15.8. The van der Waals surface area contributed by atoms with Crippen molar-refractivity contribution in [1.82, 2.24) is 30.6 Å². The Labute approximate surface area is 195 Å². The number of aryl methyl sites for hydroxylation is 3. The van der Waals surface area contributed by atoms with Crippen LogP contribution in [0.25, 0.3) is 16.6 Å². The summed E-state index contributed by atoms with van der Waals surface area (Å²) < 4.78 is 1.97. The maximum atomic E-state index is 12.8. The van der Waals surface area contributed by atoms with Crippen LogP contribution in [0.4, 0.5) is 5.82 Å². The molecule has 3 heterocycles. The quantitative estimate of drug-likeness (QED) is 0.539. The molecule has 0 unspecified atom stereocenters. The van der Waals surface area contributed by atoms with Gasteiger partial charge in [-0.1, -0.05) is 31.5 Å². The van der Waals surface area contributed by atoms with Gasteiger partial charge in [-0.05, 0) is 45.7 Å². The lowest BCUT2D eigenvalue weighted by molar-refractivity contribution is -0.125. The summed E-state index contributed by atoms with van der Waals surface area (Å²) in [4.78, 5) is 15.0. The minimum Gasteiger partial charge on any atom is -0.355 e. The molecule has 3 aromatic rings. The van der Waals surface area contributed by atoms with Crippen LogP contribution in [0.5, 0.6) is 0 Å². The number of piperidine rings is 1. The second-order valence-corrected chi connectivity index (χ2v) is 9.35. The first kappa shape index (κ1) is 23.2. The summed E-state index contributed by atoms with van der Waals surface area (Å²) in [6, 6.07) is 8.77. The second kappa shape index (κ2) is 9.87. The van der Waals surface area contributed by atoms with Gasteiger partial charge in [0, 0.05) is 32.2 Å². The van der Waals surface area contributed by atoms with E-state index in [4.69, 9.17) is 5.10 Å². The zero-order chi connectivity index (χ0) is 23.5. The zero-order valence-electron chi connectivity index (χ0n) is 20.4. The fourth-order valence-corrected chi connectivity index (χ4v) is 4.54. The van der Waals surface area contributed by atoms with E-state index in [1.165, 1.54) is 5.56 Å². The van der Waals surface area contributed by atoms with Crippen LogP contribution in [0.2, 0.25) is 0 Å². The summed E-state index contributed by atoms with van der Waals surface area (Å²) in [5.74, 6) is 0.822. The monoisotopic (exact) mass is 449 g/mol. The van der Waals surface area contributed by atoms with Gasteiger partial charge < -0.3 is 15.5 Å². The lowest BCUT2D eigenvalue weighted by Crippen LogP contribution is -2.45. The molecule has 2 aromatic heterocycles. The third-order valence-electron chi connectivity index (χ3n) is 6.33. The number of benzene rings is 1. The van der Waals surface area contributed by atoms with Crippen LogP contribution >= 0.6 is 0 Å². The summed E-state index contributed by atoms with van der Waals surface area (Å²) in [7, 11) is 0. The molecular formula is C25H35N7O. The van der Waals surface area contributed by atoms with Crippen molar-refractivity contribution < 1.29 is 4.79 Å². The van der Waals surface area contributed by atoms with E-state index in [-0.39, 0.29) is 11.8 Å². The molecule has 0 aliphatic carbocycles. The number of carbonyl (C=O) groups excluding carboxylic acids is 1. The summed E-state index contributed by atoms with van der Waals surface area (Å²) in [6.07, 6.45) is 1.83. The number of aromatic nitrogens is 4. The van der Waals surface area contributed by atoms with Crippen molar-refractivity contribution in [2.75, 3.05) is 31.1 Å². The smallest absolute Gasteiger partial charge is 0.224 e. The number of anilines is 1. The van der Waals surface area contributed by atoms with E-state index in [2.05, 4.69) is 77.7 Å². The average Bonchev–Trinajstić information content (AvgIpc) is 3.15. The Bertz CT molecular complexity index is 1120. The number of nitrogens with one attached hydrogen (secondary N) is 2. The molecule has 0 radical (unpaired) electrons. The molecule has 1 fully saturated rings. The molecule has 0 spiro atoms. The summed E-state index contributed by atoms with van der Waals surface area (Å²) in [5.41, 5.74) is 5.00. The number of rotatable bonds is 7. The highest BCUT2D eigenvalue weighted by atomic mass is 16.1. The molecule has 176 valence electrons. The normalized spacial score (nSPS) is 16.5. The Hall–Kier alpha value is -3.00. The van der Waals surface area contributed by atoms with Gasteiger partial charge in [-0.2, -0.15) is 10.2 Å². The van der Waals surface area contributed by atoms with Crippen LogP contribution in [0.15, 0.2) is 24.3 Å². The zero-order valence-corrected chi connectivity index (χ0v) is 20.4. The van der Waals surface area contributed by atoms with Crippen molar-refractivity contribution in [3.8, 4) is 5.69 Å². The van der Waals surface area contributed by atoms with Crippen molar-refractivity contribution >= 4 is 22.6 Å². The number of hydrogen-bond donors (Lipinski definition) is 2. The van der Waals surface area contributed by atoms with Crippen LogP contribution in [-0.2, 0) is 4.79 Å². The predicted octanol–water partition coefficient (Wildman–Crippen LogP) is 3.07. The highest BCUT2D eigenvalue weighted by Crippen LogP contribution is 2.31. The van der Waals surface area contributed by atoms with Crippen LogP contribution in [0.1, 0.15) is 43.6 Å². The van der Waals surface area contributed by atoms with Crippen LogP contribution in [0.3, 0.4) is 0 Å². The molecule has 0 bridgehead atoms. The van der Waals surface area contributed by atoms with Gasteiger partial charge in [-0.3, -0.25) is 4.79 Å². The van der Waals surface area contributed by atoms with E-state index in [9.17, 15) is 4.79 Å². The minimum absolute atomic E-state index is 0.0590. The van der Waals surface area contributed by atoms with E-state index < -0.39 is 0 Å². The second-order valence-electron chi connectivity index (χ2n) is 9.35. The lowest BCUT2D eigenvalue weighted by atomic mass is 9.97. The number of fused-ring (bicyclic) bond motifs is 1. The Morgan fingerprint density at radius 1 is 1.12 bits per heavy atom. The van der Waals surface area contributed by atoms with Gasteiger partial charge >= 0.3 is 0 Å². The lowest BCUT2D eigenvalue weighted by Gasteiger charge is -2.32. The highest BCUT2D eigenvalue weighted by molar-refractivity contribution is 5.92. The van der Waals surface area contributed by atoms with Gasteiger partial charge in [-0.15, -0.1) is 5.10 Å². The summed E-state index contributed by atoms with van der Waals surface area (Å²) in [5, 5.41) is 21.4. The molecule has 8 heteroatoms. The van der Waals surface area contributed by atoms with E-state index in [0.717, 1.165) is 59.7 Å². The first-order valence-electron chi connectivity index (χ1n) is 11.9. The molecule has 1 atom stereocenters. The molecular weight excluding hydrogens is 414 g/mol. The van der Waals surface area contributed by atoms with Gasteiger partial charge in [0.15, 0.2) is 5.82 Å². The molecule has 1 saturated heterocycles. The van der Waals surface area contributed by atoms with Crippen molar-refractivity contribution in [2.24, 2.45) is 5.92 Å². The van der Waals surface area contributed by atoms with Gasteiger partial charge in [-0.25, -0.2) is 4.68 Å². The predicted molar refractivity (Wildman–Crippen MR) is 132 cm³/mol. The molecule has 33 heavy (non-hydrogen) atoms. The highest BCUT2D eigenvalue weighted by Gasteiger charge is 2.29. The maximum absolute atomic E-state index is 12.8. The minimum atomic E-state index is -0.0590. The van der Waals surface area contributed by atoms with E-state index in [1.807, 2.05) is 11.6 Å². The van der Waals surface area contributed by atoms with Gasteiger partial charge in [0.1, 0.15) is 5.52 Å². The number of carbonyl (C=O) groups is 1. The number of hydrogen-bond acceptors (Lipinski definition) is 6. The van der Waals surface area contributed by atoms with Crippen LogP contribution < -0.4 is 15.5 Å². The molecule has 1 amide bonds. The van der Waals surface area contributed by atoms with Crippen molar-refractivity contribution in [3.63, 3.8) is 0 Å². The van der Waals surface area contributed by atoms with E-state index >= 15 is 0 Å². The first-order valence-corrected chi connectivity index (χ1v) is 11.9. The Morgan fingerprint density at radius 2 is 1.88 bits per heavy atom. The SMILES string of the molecule is Cc1ccc(-n2nc3c(N4CCC[C@H](C(=O)NCCNC(C)C)C4)nnc(C)c3c2C)cc1. The molecule has 4 rings (SSSR count). The number of amides is 1. The third-order valence-corrected chi connectivity index (χ3v) is 6.33. The van der Waals surface area contributed by atoms with Crippen LogP contribution in [0, 0.1) is 26.7 Å². The Balaban J connectivity index is 1.57. The standard InChI is InChI=1S/C25H35N7O/c1-16(2)26-12-13-27-25(33)20-7-6-14-31(15-20)24-23-22(18(4)28-29-24)19(5)32(30-23)21-10-8-17(3)9-11-21/h8-11,16,20,26H,6-7,12-15H2,1-5H3,(H,27,33)/t20-/m0/s1. The van der Waals surface area contributed by atoms with Crippen molar-refractivity contribution in [1.29, 1.82) is 0 Å².